The van der Waals surface area contributed by atoms with Gasteiger partial charge in [0, 0.05) is 28.8 Å². The fourth-order valence-electron chi connectivity index (χ4n) is 4.99. The first-order chi connectivity index (χ1) is 19.7. The van der Waals surface area contributed by atoms with Crippen LogP contribution in [0, 0.1) is 25.5 Å². The van der Waals surface area contributed by atoms with Crippen LogP contribution in [0.4, 0.5) is 14.6 Å². The molecular formula is C32H32F2N4O2S. The highest BCUT2D eigenvalue weighted by molar-refractivity contribution is 8.00. The summed E-state index contributed by atoms with van der Waals surface area (Å²) in [6, 6.07) is 18.7. The summed E-state index contributed by atoms with van der Waals surface area (Å²) in [6.45, 7) is 7.63. The molecule has 0 bridgehead atoms. The molecule has 3 aromatic carbocycles. The number of carbonyl (C=O) groups is 2. The van der Waals surface area contributed by atoms with Gasteiger partial charge in [-0.2, -0.15) is 5.10 Å². The predicted molar refractivity (Wildman–Crippen MR) is 159 cm³/mol. The molecule has 0 radical (unpaired) electrons. The van der Waals surface area contributed by atoms with Crippen molar-refractivity contribution < 1.29 is 18.4 Å². The Morgan fingerprint density at radius 3 is 2.56 bits per heavy atom. The van der Waals surface area contributed by atoms with Crippen molar-refractivity contribution in [2.24, 2.45) is 0 Å². The van der Waals surface area contributed by atoms with Crippen LogP contribution in [0.15, 0.2) is 66.7 Å². The molecular weight excluding hydrogens is 542 g/mol. The maximum atomic E-state index is 15.4. The lowest BCUT2D eigenvalue weighted by atomic mass is 9.99. The lowest BCUT2D eigenvalue weighted by Crippen LogP contribution is -2.44. The van der Waals surface area contributed by atoms with E-state index in [4.69, 9.17) is 5.10 Å². The molecule has 9 heteroatoms. The summed E-state index contributed by atoms with van der Waals surface area (Å²) < 4.78 is 31.1. The van der Waals surface area contributed by atoms with Gasteiger partial charge >= 0.3 is 0 Å². The summed E-state index contributed by atoms with van der Waals surface area (Å²) in [4.78, 5) is 28.4. The molecule has 0 spiro atoms. The van der Waals surface area contributed by atoms with Gasteiger partial charge in [-0.3, -0.25) is 14.5 Å². The van der Waals surface area contributed by atoms with Crippen LogP contribution in [-0.4, -0.2) is 39.9 Å². The molecule has 4 aromatic rings. The van der Waals surface area contributed by atoms with E-state index in [2.05, 4.69) is 5.32 Å². The number of halogens is 2. The van der Waals surface area contributed by atoms with Crippen LogP contribution in [-0.2, 0) is 9.59 Å². The number of hydrogen-bond acceptors (Lipinski definition) is 4. The van der Waals surface area contributed by atoms with Crippen molar-refractivity contribution in [1.82, 2.24) is 15.1 Å². The van der Waals surface area contributed by atoms with Crippen molar-refractivity contribution in [3.63, 3.8) is 0 Å². The Labute approximate surface area is 242 Å². The predicted octanol–water partition coefficient (Wildman–Crippen LogP) is 6.52. The zero-order chi connectivity index (χ0) is 29.3. The van der Waals surface area contributed by atoms with Crippen LogP contribution >= 0.6 is 11.8 Å². The number of fused-ring (bicyclic) bond motifs is 1. The van der Waals surface area contributed by atoms with E-state index in [9.17, 15) is 14.0 Å². The topological polar surface area (TPSA) is 67.2 Å². The van der Waals surface area contributed by atoms with Crippen LogP contribution < -0.4 is 10.2 Å². The molecule has 0 saturated carbocycles. The van der Waals surface area contributed by atoms with Gasteiger partial charge in [0.1, 0.15) is 24.0 Å². The van der Waals surface area contributed by atoms with E-state index >= 15 is 4.39 Å². The second kappa shape index (κ2) is 11.9. The number of amides is 2. The number of anilines is 1. The molecule has 0 fully saturated rings. The minimum Gasteiger partial charge on any atom is -0.352 e. The molecule has 2 heterocycles. The Hall–Kier alpha value is -3.98. The number of hydrogen-bond donors (Lipinski definition) is 1. The van der Waals surface area contributed by atoms with Crippen molar-refractivity contribution >= 4 is 29.4 Å². The highest BCUT2D eigenvalue weighted by Gasteiger charge is 2.39. The maximum absolute atomic E-state index is 15.4. The van der Waals surface area contributed by atoms with E-state index in [-0.39, 0.29) is 35.7 Å². The van der Waals surface area contributed by atoms with Crippen LogP contribution in [0.2, 0.25) is 0 Å². The van der Waals surface area contributed by atoms with E-state index in [0.717, 1.165) is 34.9 Å². The fourth-order valence-corrected chi connectivity index (χ4v) is 6.21. The van der Waals surface area contributed by atoms with Gasteiger partial charge in [-0.25, -0.2) is 13.5 Å². The first-order valence-electron chi connectivity index (χ1n) is 13.6. The maximum Gasteiger partial charge on any atom is 0.240 e. The second-order valence-electron chi connectivity index (χ2n) is 10.3. The minimum atomic E-state index is -0.706. The lowest BCUT2D eigenvalue weighted by molar-refractivity contribution is -0.123. The number of aromatic nitrogens is 2. The Bertz CT molecular complexity index is 1600. The zero-order valence-electron chi connectivity index (χ0n) is 23.4. The van der Waals surface area contributed by atoms with Gasteiger partial charge in [-0.05, 0) is 50.5 Å². The Balaban J connectivity index is 1.82. The van der Waals surface area contributed by atoms with E-state index < -0.39 is 16.9 Å². The van der Waals surface area contributed by atoms with E-state index in [1.807, 2.05) is 76.2 Å². The largest absolute Gasteiger partial charge is 0.352 e. The average Bonchev–Trinajstić information content (AvgIpc) is 3.28. The second-order valence-corrected chi connectivity index (χ2v) is 11.4. The third kappa shape index (κ3) is 5.63. The van der Waals surface area contributed by atoms with E-state index in [1.54, 1.807) is 4.68 Å². The van der Waals surface area contributed by atoms with Crippen LogP contribution in [0.3, 0.4) is 0 Å². The van der Waals surface area contributed by atoms with Crippen LogP contribution in [0.5, 0.6) is 0 Å². The van der Waals surface area contributed by atoms with Gasteiger partial charge in [0.15, 0.2) is 0 Å². The Morgan fingerprint density at radius 2 is 1.85 bits per heavy atom. The summed E-state index contributed by atoms with van der Waals surface area (Å²) in [5.74, 6) is -1.59. The molecule has 5 rings (SSSR count). The van der Waals surface area contributed by atoms with Gasteiger partial charge in [-0.1, -0.05) is 55.5 Å². The lowest BCUT2D eigenvalue weighted by Gasteiger charge is -2.24. The normalized spacial score (nSPS) is 15.8. The van der Waals surface area contributed by atoms with Crippen molar-refractivity contribution in [2.45, 2.75) is 45.4 Å². The highest BCUT2D eigenvalue weighted by Crippen LogP contribution is 2.49. The number of carbonyl (C=O) groups excluding carboxylic acids is 2. The van der Waals surface area contributed by atoms with Crippen molar-refractivity contribution in [3.8, 4) is 16.9 Å². The monoisotopic (exact) mass is 574 g/mol. The molecule has 1 aromatic heterocycles. The minimum absolute atomic E-state index is 0.00615. The number of rotatable bonds is 7. The van der Waals surface area contributed by atoms with Crippen molar-refractivity contribution in [3.05, 3.63) is 101 Å². The summed E-state index contributed by atoms with van der Waals surface area (Å²) >= 11 is 1.24. The summed E-state index contributed by atoms with van der Waals surface area (Å²) in [7, 11) is 0. The van der Waals surface area contributed by atoms with Crippen molar-refractivity contribution in [2.75, 3.05) is 17.2 Å². The average molecular weight is 575 g/mol. The molecule has 6 nitrogen and oxygen atoms in total. The Kier molecular flexibility index (Phi) is 8.26. The first kappa shape index (κ1) is 28.5. The van der Waals surface area contributed by atoms with Crippen molar-refractivity contribution in [1.29, 1.82) is 0 Å². The van der Waals surface area contributed by atoms with E-state index in [0.29, 0.717) is 17.1 Å². The van der Waals surface area contributed by atoms with Gasteiger partial charge in [0.05, 0.1) is 22.4 Å². The molecule has 212 valence electrons. The molecule has 41 heavy (non-hydrogen) atoms. The number of thioether (sulfide) groups is 1. The third-order valence-electron chi connectivity index (χ3n) is 7.51. The fraction of sp³-hybridized carbons (Fsp3) is 0.281. The van der Waals surface area contributed by atoms with Gasteiger partial charge in [0.2, 0.25) is 11.8 Å². The molecule has 1 aliphatic heterocycles. The molecule has 2 amide bonds. The molecule has 2 atom stereocenters. The molecule has 0 aliphatic carbocycles. The number of nitrogens with one attached hydrogen (secondary N) is 1. The standard InChI is InChI=1S/C32H32F2N4O2S/c1-5-20(3)35-27(39)17-37-28(40)18-41-31(24-15-14-23(33)16-25(24)34)29-30(22-11-7-6-8-12-22)36-38(32(29)37)26-13-9-10-19(2)21(26)4/h6-16,20,31H,5,17-18H2,1-4H3,(H,35,39). The highest BCUT2D eigenvalue weighted by atomic mass is 32.2. The number of nitrogens with zero attached hydrogens (tertiary/aromatic N) is 3. The summed E-state index contributed by atoms with van der Waals surface area (Å²) in [5, 5.41) is 7.31. The Morgan fingerprint density at radius 1 is 1.10 bits per heavy atom. The van der Waals surface area contributed by atoms with Gasteiger partial charge < -0.3 is 5.32 Å². The van der Waals surface area contributed by atoms with Crippen LogP contribution in [0.1, 0.15) is 47.8 Å². The SMILES string of the molecule is CCC(C)NC(=O)CN1C(=O)CSC(c2ccc(F)cc2F)c2c(-c3ccccc3)nn(-c3cccc(C)c3C)c21. The molecule has 1 aliphatic rings. The van der Waals surface area contributed by atoms with E-state index in [1.165, 1.54) is 28.8 Å². The van der Waals surface area contributed by atoms with Gasteiger partial charge in [-0.15, -0.1) is 11.8 Å². The molecule has 0 saturated heterocycles. The van der Waals surface area contributed by atoms with Gasteiger partial charge in [0.25, 0.3) is 0 Å². The first-order valence-corrected chi connectivity index (χ1v) is 14.7. The van der Waals surface area contributed by atoms with Crippen LogP contribution in [0.25, 0.3) is 16.9 Å². The molecule has 2 unspecified atom stereocenters. The quantitative estimate of drug-likeness (QED) is 0.273. The number of aryl methyl sites for hydroxylation is 1. The molecule has 1 N–H and O–H groups in total. The third-order valence-corrected chi connectivity index (χ3v) is 8.74. The summed E-state index contributed by atoms with van der Waals surface area (Å²) in [6.07, 6.45) is 0.741. The number of benzene rings is 3. The summed E-state index contributed by atoms with van der Waals surface area (Å²) in [5.41, 5.74) is 4.90. The smallest absolute Gasteiger partial charge is 0.240 e. The zero-order valence-corrected chi connectivity index (χ0v) is 24.3.